The van der Waals surface area contributed by atoms with Crippen molar-refractivity contribution in [1.82, 2.24) is 0 Å². The van der Waals surface area contributed by atoms with Crippen molar-refractivity contribution < 1.29 is 41.0 Å². The Morgan fingerprint density at radius 1 is 1.00 bits per heavy atom. The molecule has 0 aromatic heterocycles. The van der Waals surface area contributed by atoms with Crippen molar-refractivity contribution in [3.63, 3.8) is 0 Å². The fraction of sp³-hybridized carbons (Fsp3) is 0.923. The first kappa shape index (κ1) is 19.3. The Morgan fingerprint density at radius 3 is 1.62 bits per heavy atom. The number of ether oxygens (including phenoxy) is 1. The molecule has 0 amide bonds. The SMILES string of the molecule is CC(C)(C)CC(CC(C)(C)C)O[CH-]CO.[U]. The smallest absolute Gasteiger partial charge is 0.0241 e. The van der Waals surface area contributed by atoms with Gasteiger partial charge in [0.05, 0.1) is 0 Å². The molecule has 1 N–H and O–H groups in total. The topological polar surface area (TPSA) is 29.5 Å². The van der Waals surface area contributed by atoms with Gasteiger partial charge in [0.1, 0.15) is 0 Å². The first-order chi connectivity index (χ1) is 6.64. The average Bonchev–Trinajstić information content (AvgIpc) is 1.94. The molecule has 16 heavy (non-hydrogen) atoms. The Balaban J connectivity index is 0. The second-order valence-electron chi connectivity index (χ2n) is 6.64. The van der Waals surface area contributed by atoms with Crippen LogP contribution in [-0.4, -0.2) is 17.8 Å². The van der Waals surface area contributed by atoms with E-state index >= 15 is 0 Å². The number of hydrogen-bond donors (Lipinski definition) is 1. The van der Waals surface area contributed by atoms with Gasteiger partial charge in [-0.15, -0.1) is 0 Å². The molecule has 0 fully saturated rings. The largest absolute Gasteiger partial charge is 0.547 e. The van der Waals surface area contributed by atoms with Crippen LogP contribution in [0.1, 0.15) is 54.4 Å². The van der Waals surface area contributed by atoms with E-state index in [0.717, 1.165) is 12.8 Å². The number of aliphatic hydroxyl groups is 1. The standard InChI is InChI=1S/C13H27O2.U/c1-12(2,3)9-11(15-8-7-14)10-13(4,5)6;/h8,11,14H,7,9-10H2,1-6H3;/q-1;. The third kappa shape index (κ3) is 13.0. The molecule has 0 saturated heterocycles. The van der Waals surface area contributed by atoms with Crippen molar-refractivity contribution in [2.75, 3.05) is 6.61 Å². The molecular weight excluding hydrogens is 426 g/mol. The van der Waals surface area contributed by atoms with Crippen LogP contribution in [0.4, 0.5) is 0 Å². The molecule has 0 spiro atoms. The first-order valence-electron chi connectivity index (χ1n) is 5.72. The molecule has 3 heteroatoms. The third-order valence-electron chi connectivity index (χ3n) is 2.04. The fourth-order valence-electron chi connectivity index (χ4n) is 1.71. The molecule has 0 aliphatic heterocycles. The van der Waals surface area contributed by atoms with Gasteiger partial charge in [0.25, 0.3) is 0 Å². The minimum Gasteiger partial charge on any atom is -0.547 e. The Bertz CT molecular complexity index is 152. The van der Waals surface area contributed by atoms with Crippen LogP contribution in [0, 0.1) is 48.6 Å². The molecule has 0 aromatic carbocycles. The molecule has 0 rings (SSSR count). The maximum absolute atomic E-state index is 8.73. The van der Waals surface area contributed by atoms with E-state index in [1.54, 1.807) is 0 Å². The van der Waals surface area contributed by atoms with Crippen molar-refractivity contribution in [1.29, 1.82) is 0 Å². The van der Waals surface area contributed by atoms with Gasteiger partial charge in [-0.05, 0) is 23.7 Å². The summed E-state index contributed by atoms with van der Waals surface area (Å²) in [5.74, 6) is 0. The van der Waals surface area contributed by atoms with Crippen LogP contribution in [0.25, 0.3) is 0 Å². The minimum atomic E-state index is -0.00914. The quantitative estimate of drug-likeness (QED) is 0.647. The van der Waals surface area contributed by atoms with Gasteiger partial charge in [0.15, 0.2) is 0 Å². The molecule has 0 saturated carbocycles. The monoisotopic (exact) mass is 453 g/mol. The Morgan fingerprint density at radius 2 is 1.38 bits per heavy atom. The van der Waals surface area contributed by atoms with Gasteiger partial charge in [0, 0.05) is 37.2 Å². The second kappa shape index (κ2) is 8.14. The summed E-state index contributed by atoms with van der Waals surface area (Å²) >= 11 is 0. The van der Waals surface area contributed by atoms with Crippen LogP contribution in [0.5, 0.6) is 0 Å². The average molecular weight is 453 g/mol. The molecule has 0 aromatic rings. The van der Waals surface area contributed by atoms with Crippen LogP contribution in [0.15, 0.2) is 0 Å². The van der Waals surface area contributed by atoms with Gasteiger partial charge in [-0.1, -0.05) is 48.1 Å². The van der Waals surface area contributed by atoms with Crippen LogP contribution in [-0.2, 0) is 4.74 Å². The van der Waals surface area contributed by atoms with E-state index in [2.05, 4.69) is 41.5 Å². The molecule has 2 nitrogen and oxygen atoms in total. The number of rotatable bonds is 5. The van der Waals surface area contributed by atoms with Crippen molar-refractivity contribution in [2.24, 2.45) is 10.8 Å². The molecule has 0 heterocycles. The van der Waals surface area contributed by atoms with E-state index in [1.165, 1.54) is 6.61 Å². The summed E-state index contributed by atoms with van der Waals surface area (Å²) in [6, 6.07) is 0. The summed E-state index contributed by atoms with van der Waals surface area (Å²) in [7, 11) is 0. The molecular formula is C13H27O2U-. The van der Waals surface area contributed by atoms with E-state index in [4.69, 9.17) is 9.84 Å². The van der Waals surface area contributed by atoms with Crippen LogP contribution < -0.4 is 0 Å². The molecule has 0 radical (unpaired) electrons. The Kier molecular flexibility index (Phi) is 9.83. The van der Waals surface area contributed by atoms with Gasteiger partial charge in [-0.2, -0.15) is 6.61 Å². The van der Waals surface area contributed by atoms with E-state index in [9.17, 15) is 0 Å². The van der Waals surface area contributed by atoms with Gasteiger partial charge in [-0.25, -0.2) is 0 Å². The van der Waals surface area contributed by atoms with Crippen molar-refractivity contribution in [2.45, 2.75) is 60.5 Å². The summed E-state index contributed by atoms with van der Waals surface area (Å²) < 4.78 is 5.57. The van der Waals surface area contributed by atoms with Crippen molar-refractivity contribution >= 4 is 0 Å². The van der Waals surface area contributed by atoms with Crippen LogP contribution in [0.2, 0.25) is 0 Å². The first-order valence-corrected chi connectivity index (χ1v) is 5.72. The van der Waals surface area contributed by atoms with Crippen molar-refractivity contribution in [3.8, 4) is 0 Å². The summed E-state index contributed by atoms with van der Waals surface area (Å²) in [5, 5.41) is 8.73. The molecule has 0 aliphatic carbocycles. The molecule has 0 atom stereocenters. The minimum absolute atomic E-state index is 0. The van der Waals surface area contributed by atoms with E-state index in [-0.39, 0.29) is 54.7 Å². The van der Waals surface area contributed by atoms with Gasteiger partial charge >= 0.3 is 0 Å². The normalized spacial score (nSPS) is 12.8. The molecule has 0 unspecified atom stereocenters. The zero-order chi connectivity index (χ0) is 12.1. The zero-order valence-corrected chi connectivity index (χ0v) is 15.8. The maximum Gasteiger partial charge on any atom is 0.0241 e. The number of hydrogen-bond acceptors (Lipinski definition) is 2. The molecule has 0 bridgehead atoms. The van der Waals surface area contributed by atoms with E-state index < -0.39 is 0 Å². The van der Waals surface area contributed by atoms with E-state index in [0.29, 0.717) is 0 Å². The van der Waals surface area contributed by atoms with Crippen molar-refractivity contribution in [3.05, 3.63) is 6.61 Å². The second-order valence-corrected chi connectivity index (χ2v) is 6.64. The predicted octanol–water partition coefficient (Wildman–Crippen LogP) is 3.40. The van der Waals surface area contributed by atoms with E-state index in [1.807, 2.05) is 0 Å². The molecule has 96 valence electrons. The number of aliphatic hydroxyl groups excluding tert-OH is 1. The summed E-state index contributed by atoms with van der Waals surface area (Å²) in [6.07, 6.45) is 2.24. The predicted molar refractivity (Wildman–Crippen MR) is 64.4 cm³/mol. The summed E-state index contributed by atoms with van der Waals surface area (Å²) in [4.78, 5) is 0. The van der Waals surface area contributed by atoms with Gasteiger partial charge in [-0.3, -0.25) is 0 Å². The zero-order valence-electron chi connectivity index (χ0n) is 11.6. The van der Waals surface area contributed by atoms with Crippen LogP contribution >= 0.6 is 0 Å². The summed E-state index contributed by atoms with van der Waals surface area (Å²) in [5.41, 5.74) is 0.526. The van der Waals surface area contributed by atoms with Gasteiger partial charge in [0.2, 0.25) is 0 Å². The molecule has 0 aliphatic rings. The third-order valence-corrected chi connectivity index (χ3v) is 2.04. The fourth-order valence-corrected chi connectivity index (χ4v) is 1.71. The van der Waals surface area contributed by atoms with Crippen LogP contribution in [0.3, 0.4) is 0 Å². The maximum atomic E-state index is 8.73. The van der Waals surface area contributed by atoms with Gasteiger partial charge < -0.3 is 9.84 Å². The summed E-state index contributed by atoms with van der Waals surface area (Å²) in [6.45, 7) is 14.8. The Labute approximate surface area is 125 Å². The Hall–Kier alpha value is 0.972.